The van der Waals surface area contributed by atoms with Gasteiger partial charge in [-0.05, 0) is 66.4 Å². The number of halogens is 6. The molecule has 0 bridgehead atoms. The van der Waals surface area contributed by atoms with Gasteiger partial charge in [0.15, 0.2) is 0 Å². The first kappa shape index (κ1) is 27.4. The van der Waals surface area contributed by atoms with Gasteiger partial charge in [-0.15, -0.1) is 0 Å². The van der Waals surface area contributed by atoms with Crippen LogP contribution >= 0.6 is 11.8 Å². The highest BCUT2D eigenvalue weighted by Gasteiger charge is 2.42. The minimum absolute atomic E-state index is 0.234. The molecule has 0 saturated carbocycles. The van der Waals surface area contributed by atoms with Gasteiger partial charge >= 0.3 is 18.3 Å². The maximum atomic E-state index is 13.9. The van der Waals surface area contributed by atoms with E-state index in [2.05, 4.69) is 10.2 Å². The van der Waals surface area contributed by atoms with Crippen LogP contribution < -0.4 is 15.0 Å². The van der Waals surface area contributed by atoms with Gasteiger partial charge in [0, 0.05) is 42.2 Å². The summed E-state index contributed by atoms with van der Waals surface area (Å²) >= 11 is 1.87. The number of thioether (sulfide) groups is 1. The molecule has 202 valence electrons. The van der Waals surface area contributed by atoms with Crippen LogP contribution in [0.4, 0.5) is 32.0 Å². The van der Waals surface area contributed by atoms with E-state index in [1.807, 2.05) is 23.9 Å². The Bertz CT molecular complexity index is 1150. The SMILES string of the molecule is CCOc1ccc(-c2cc3c4c(c2)[C@@H]2CNCC[C@@H]2N4CCSC3)c(C(F)(F)F)c1.O=C(O)C(F)(F)F. The maximum Gasteiger partial charge on any atom is 0.490 e. The first-order valence-electron chi connectivity index (χ1n) is 11.8. The van der Waals surface area contributed by atoms with Crippen molar-refractivity contribution in [3.8, 4) is 16.9 Å². The fraction of sp³-hybridized carbons (Fsp3) is 0.480. The highest BCUT2D eigenvalue weighted by molar-refractivity contribution is 7.98. The van der Waals surface area contributed by atoms with Crippen LogP contribution in [0.3, 0.4) is 0 Å². The molecule has 2 aromatic carbocycles. The van der Waals surface area contributed by atoms with Crippen molar-refractivity contribution in [2.45, 2.75) is 43.4 Å². The molecule has 2 atom stereocenters. The highest BCUT2D eigenvalue weighted by Crippen LogP contribution is 2.50. The predicted molar refractivity (Wildman–Crippen MR) is 129 cm³/mol. The van der Waals surface area contributed by atoms with Gasteiger partial charge in [-0.2, -0.15) is 38.1 Å². The molecule has 1 saturated heterocycles. The van der Waals surface area contributed by atoms with Gasteiger partial charge in [0.2, 0.25) is 0 Å². The second-order valence-corrected chi connectivity index (χ2v) is 10.0. The van der Waals surface area contributed by atoms with Gasteiger partial charge in [-0.25, -0.2) is 4.79 Å². The molecule has 0 spiro atoms. The second kappa shape index (κ2) is 10.6. The summed E-state index contributed by atoms with van der Waals surface area (Å²) in [6.07, 6.45) is -8.44. The molecule has 0 aliphatic carbocycles. The lowest BCUT2D eigenvalue weighted by molar-refractivity contribution is -0.192. The fourth-order valence-electron chi connectivity index (χ4n) is 5.21. The van der Waals surface area contributed by atoms with Crippen LogP contribution in [0.25, 0.3) is 11.1 Å². The molecule has 1 fully saturated rings. The van der Waals surface area contributed by atoms with E-state index in [1.165, 1.54) is 16.8 Å². The molecule has 0 unspecified atom stereocenters. The molecule has 12 heteroatoms. The standard InChI is InChI=1S/C23H25F3N2OS.C2HF3O2/c1-2-29-16-3-4-17(20(11-16)23(24,25)26)14-9-15-13-30-8-7-28-21-5-6-27-12-19(21)18(10-14)22(15)28;3-2(4,5)1(6)7/h3-4,9-11,19,21,27H,2,5-8,12-13H2,1H3;(H,6,7)/t19-,21-;/m0./s1. The Kier molecular flexibility index (Phi) is 7.89. The first-order valence-corrected chi connectivity index (χ1v) is 12.9. The van der Waals surface area contributed by atoms with Crippen LogP contribution in [-0.2, 0) is 16.7 Å². The van der Waals surface area contributed by atoms with Gasteiger partial charge < -0.3 is 20.1 Å². The second-order valence-electron chi connectivity index (χ2n) is 8.93. The first-order chi connectivity index (χ1) is 17.4. The lowest BCUT2D eigenvalue weighted by atomic mass is 9.87. The summed E-state index contributed by atoms with van der Waals surface area (Å²) in [6.45, 7) is 5.01. The van der Waals surface area contributed by atoms with Gasteiger partial charge in [-0.1, -0.05) is 6.07 Å². The Hall–Kier alpha value is -2.60. The fourth-order valence-corrected chi connectivity index (χ4v) is 6.12. The molecule has 3 aliphatic heterocycles. The summed E-state index contributed by atoms with van der Waals surface area (Å²) in [5, 5.41) is 10.6. The zero-order valence-corrected chi connectivity index (χ0v) is 20.7. The van der Waals surface area contributed by atoms with Crippen LogP contribution in [0.1, 0.15) is 36.0 Å². The number of benzene rings is 2. The summed E-state index contributed by atoms with van der Waals surface area (Å²) in [4.78, 5) is 11.4. The number of nitrogens with zero attached hydrogens (tertiary/aromatic N) is 1. The summed E-state index contributed by atoms with van der Waals surface area (Å²) < 4.78 is 78.9. The van der Waals surface area contributed by atoms with Crippen LogP contribution in [0.2, 0.25) is 0 Å². The van der Waals surface area contributed by atoms with E-state index in [1.54, 1.807) is 19.1 Å². The summed E-state index contributed by atoms with van der Waals surface area (Å²) in [7, 11) is 0. The third-order valence-electron chi connectivity index (χ3n) is 6.65. The van der Waals surface area contributed by atoms with Crippen molar-refractivity contribution in [2.75, 3.05) is 36.9 Å². The largest absolute Gasteiger partial charge is 0.494 e. The molecule has 2 aromatic rings. The van der Waals surface area contributed by atoms with Crippen LogP contribution in [0.5, 0.6) is 5.75 Å². The normalized spacial score (nSPS) is 20.8. The van der Waals surface area contributed by atoms with Gasteiger partial charge in [0.05, 0.1) is 12.2 Å². The lowest BCUT2D eigenvalue weighted by Gasteiger charge is -2.33. The number of piperidine rings is 1. The third-order valence-corrected chi connectivity index (χ3v) is 7.63. The number of carbonyl (C=O) groups is 1. The number of rotatable bonds is 3. The number of hydrogen-bond acceptors (Lipinski definition) is 5. The van der Waals surface area contributed by atoms with E-state index in [0.717, 1.165) is 43.6 Å². The summed E-state index contributed by atoms with van der Waals surface area (Å²) in [5.74, 6) is -0.263. The number of anilines is 1. The van der Waals surface area contributed by atoms with Gasteiger partial charge in [0.1, 0.15) is 5.75 Å². The van der Waals surface area contributed by atoms with Crippen LogP contribution in [0.15, 0.2) is 30.3 Å². The van der Waals surface area contributed by atoms with E-state index in [4.69, 9.17) is 14.6 Å². The Morgan fingerprint density at radius 3 is 2.57 bits per heavy atom. The molecule has 5 nitrogen and oxygen atoms in total. The molecule has 0 aromatic heterocycles. The number of carboxylic acid groups (broad SMARTS) is 1. The smallest absolute Gasteiger partial charge is 0.490 e. The Morgan fingerprint density at radius 1 is 1.19 bits per heavy atom. The van der Waals surface area contributed by atoms with Gasteiger partial charge in [0.25, 0.3) is 0 Å². The molecule has 37 heavy (non-hydrogen) atoms. The molecule has 0 amide bonds. The summed E-state index contributed by atoms with van der Waals surface area (Å²) in [5.41, 5.74) is 3.92. The minimum atomic E-state index is -5.08. The summed E-state index contributed by atoms with van der Waals surface area (Å²) in [6, 6.07) is 8.80. The van der Waals surface area contributed by atoms with E-state index in [-0.39, 0.29) is 11.3 Å². The molecule has 2 N–H and O–H groups in total. The number of alkyl halides is 6. The van der Waals surface area contributed by atoms with E-state index in [0.29, 0.717) is 24.1 Å². The molecular weight excluding hydrogens is 522 g/mol. The predicted octanol–water partition coefficient (Wildman–Crippen LogP) is 5.92. The average molecular weight is 549 g/mol. The Balaban J connectivity index is 0.000000405. The molecule has 0 radical (unpaired) electrons. The quantitative estimate of drug-likeness (QED) is 0.465. The third kappa shape index (κ3) is 5.79. The van der Waals surface area contributed by atoms with Crippen molar-refractivity contribution >= 4 is 23.4 Å². The van der Waals surface area contributed by atoms with Crippen molar-refractivity contribution in [1.29, 1.82) is 0 Å². The van der Waals surface area contributed by atoms with Crippen molar-refractivity contribution in [3.63, 3.8) is 0 Å². The number of hydrogen-bond donors (Lipinski definition) is 2. The number of carboxylic acids is 1. The molecule has 3 aliphatic rings. The molecular formula is C25H26F6N2O3S. The van der Waals surface area contributed by atoms with Gasteiger partial charge in [-0.3, -0.25) is 0 Å². The van der Waals surface area contributed by atoms with E-state index >= 15 is 0 Å². The Labute approximate surface area is 214 Å². The monoisotopic (exact) mass is 548 g/mol. The minimum Gasteiger partial charge on any atom is -0.494 e. The Morgan fingerprint density at radius 2 is 1.92 bits per heavy atom. The topological polar surface area (TPSA) is 61.8 Å². The van der Waals surface area contributed by atoms with E-state index in [9.17, 15) is 26.3 Å². The van der Waals surface area contributed by atoms with Crippen molar-refractivity contribution in [1.82, 2.24) is 5.32 Å². The molecule has 5 rings (SSSR count). The zero-order valence-electron chi connectivity index (χ0n) is 19.9. The zero-order chi connectivity index (χ0) is 27.0. The molecule has 3 heterocycles. The lowest BCUT2D eigenvalue weighted by Crippen LogP contribution is -2.44. The van der Waals surface area contributed by atoms with Crippen molar-refractivity contribution in [3.05, 3.63) is 47.0 Å². The van der Waals surface area contributed by atoms with Crippen LogP contribution in [0, 0.1) is 0 Å². The van der Waals surface area contributed by atoms with Crippen LogP contribution in [-0.4, -0.2) is 55.3 Å². The maximum absolute atomic E-state index is 13.9. The average Bonchev–Trinajstić information content (AvgIpc) is 2.99. The number of ether oxygens (including phenoxy) is 1. The number of nitrogens with one attached hydrogen (secondary N) is 1. The van der Waals surface area contributed by atoms with Crippen molar-refractivity contribution < 1.29 is 41.0 Å². The number of aliphatic carboxylic acids is 1. The van der Waals surface area contributed by atoms with E-state index < -0.39 is 23.9 Å². The number of fused-ring (bicyclic) bond motifs is 3. The van der Waals surface area contributed by atoms with Crippen molar-refractivity contribution in [2.24, 2.45) is 0 Å². The highest BCUT2D eigenvalue weighted by atomic mass is 32.2.